The maximum absolute atomic E-state index is 12.1. The SMILES string of the molecule is CCS(=O)C1CCCC(NC(=NC)NCC(C)c2cccs2)C1. The van der Waals surface area contributed by atoms with Gasteiger partial charge in [0.1, 0.15) is 0 Å². The highest BCUT2D eigenvalue weighted by atomic mass is 32.2. The molecule has 130 valence electrons. The van der Waals surface area contributed by atoms with Crippen LogP contribution >= 0.6 is 11.3 Å². The van der Waals surface area contributed by atoms with Crippen molar-refractivity contribution in [1.29, 1.82) is 0 Å². The highest BCUT2D eigenvalue weighted by Crippen LogP contribution is 2.23. The first-order valence-electron chi connectivity index (χ1n) is 8.51. The molecule has 1 saturated carbocycles. The Balaban J connectivity index is 1.81. The van der Waals surface area contributed by atoms with Gasteiger partial charge >= 0.3 is 0 Å². The third-order valence-corrected chi connectivity index (χ3v) is 7.30. The van der Waals surface area contributed by atoms with Crippen LogP contribution in [0.4, 0.5) is 0 Å². The summed E-state index contributed by atoms with van der Waals surface area (Å²) in [6, 6.07) is 4.66. The predicted octanol–water partition coefficient (Wildman–Crippen LogP) is 3.10. The van der Waals surface area contributed by atoms with Gasteiger partial charge in [-0.1, -0.05) is 26.3 Å². The minimum atomic E-state index is -0.681. The fourth-order valence-electron chi connectivity index (χ4n) is 3.06. The summed E-state index contributed by atoms with van der Waals surface area (Å²) in [6.07, 6.45) is 4.37. The standard InChI is InChI=1S/C17H29N3OS2/c1-4-23(21)15-8-5-7-14(11-15)20-17(18-3)19-12-13(2)16-9-6-10-22-16/h6,9-10,13-15H,4-5,7-8,11-12H2,1-3H3,(H2,18,19,20). The van der Waals surface area contributed by atoms with Crippen LogP contribution in [0.5, 0.6) is 0 Å². The van der Waals surface area contributed by atoms with Crippen molar-refractivity contribution < 1.29 is 4.21 Å². The first-order chi connectivity index (χ1) is 11.1. The zero-order chi connectivity index (χ0) is 16.7. The van der Waals surface area contributed by atoms with Crippen molar-refractivity contribution in [2.24, 2.45) is 4.99 Å². The molecule has 0 bridgehead atoms. The summed E-state index contributed by atoms with van der Waals surface area (Å²) in [7, 11) is 1.13. The summed E-state index contributed by atoms with van der Waals surface area (Å²) in [4.78, 5) is 5.74. The fourth-order valence-corrected chi connectivity index (χ4v) is 5.20. The second-order valence-electron chi connectivity index (χ2n) is 6.17. The van der Waals surface area contributed by atoms with Gasteiger partial charge < -0.3 is 10.6 Å². The van der Waals surface area contributed by atoms with Crippen molar-refractivity contribution >= 4 is 28.1 Å². The number of guanidine groups is 1. The van der Waals surface area contributed by atoms with Gasteiger partial charge in [-0.2, -0.15) is 0 Å². The summed E-state index contributed by atoms with van der Waals surface area (Å²) in [5.41, 5.74) is 0. The molecular formula is C17H29N3OS2. The van der Waals surface area contributed by atoms with E-state index in [9.17, 15) is 4.21 Å². The molecule has 0 aromatic carbocycles. The van der Waals surface area contributed by atoms with Gasteiger partial charge in [-0.3, -0.25) is 9.20 Å². The fraction of sp³-hybridized carbons (Fsp3) is 0.706. The van der Waals surface area contributed by atoms with Crippen LogP contribution in [0.2, 0.25) is 0 Å². The molecule has 1 fully saturated rings. The summed E-state index contributed by atoms with van der Waals surface area (Å²) >= 11 is 1.80. The molecule has 4 unspecified atom stereocenters. The van der Waals surface area contributed by atoms with Crippen molar-refractivity contribution in [2.75, 3.05) is 19.3 Å². The van der Waals surface area contributed by atoms with Crippen LogP contribution < -0.4 is 10.6 Å². The lowest BCUT2D eigenvalue weighted by Crippen LogP contribution is -2.47. The number of thiophene rings is 1. The van der Waals surface area contributed by atoms with Crippen molar-refractivity contribution in [1.82, 2.24) is 10.6 Å². The monoisotopic (exact) mass is 355 g/mol. The zero-order valence-electron chi connectivity index (χ0n) is 14.4. The molecule has 4 atom stereocenters. The van der Waals surface area contributed by atoms with Crippen LogP contribution in [0, 0.1) is 0 Å². The predicted molar refractivity (Wildman–Crippen MR) is 102 cm³/mol. The van der Waals surface area contributed by atoms with Crippen molar-refractivity contribution in [2.45, 2.75) is 56.7 Å². The van der Waals surface area contributed by atoms with Crippen LogP contribution in [0.15, 0.2) is 22.5 Å². The first kappa shape index (κ1) is 18.5. The molecule has 23 heavy (non-hydrogen) atoms. The first-order valence-corrected chi connectivity index (χ1v) is 10.8. The van der Waals surface area contributed by atoms with Crippen molar-refractivity contribution in [3.8, 4) is 0 Å². The summed E-state index contributed by atoms with van der Waals surface area (Å²) in [5.74, 6) is 2.10. The summed E-state index contributed by atoms with van der Waals surface area (Å²) in [5, 5.41) is 9.42. The van der Waals surface area contributed by atoms with E-state index < -0.39 is 10.8 Å². The van der Waals surface area contributed by atoms with Gasteiger partial charge in [0.25, 0.3) is 0 Å². The zero-order valence-corrected chi connectivity index (χ0v) is 16.0. The van der Waals surface area contributed by atoms with E-state index in [2.05, 4.69) is 40.1 Å². The number of rotatable bonds is 6. The lowest BCUT2D eigenvalue weighted by molar-refractivity contribution is 0.413. The number of aliphatic imine (C=N–C) groups is 1. The molecule has 0 spiro atoms. The smallest absolute Gasteiger partial charge is 0.191 e. The summed E-state index contributed by atoms with van der Waals surface area (Å²) in [6.45, 7) is 5.12. The summed E-state index contributed by atoms with van der Waals surface area (Å²) < 4.78 is 12.1. The van der Waals surface area contributed by atoms with E-state index in [0.29, 0.717) is 17.2 Å². The van der Waals surface area contributed by atoms with Gasteiger partial charge in [-0.25, -0.2) is 0 Å². The number of nitrogens with one attached hydrogen (secondary N) is 2. The maximum atomic E-state index is 12.1. The molecule has 1 aromatic heterocycles. The molecule has 1 aromatic rings. The van der Waals surface area contributed by atoms with E-state index in [4.69, 9.17) is 0 Å². The molecule has 1 aliphatic carbocycles. The molecule has 0 saturated heterocycles. The Hall–Kier alpha value is -0.880. The highest BCUT2D eigenvalue weighted by Gasteiger charge is 2.26. The number of hydrogen-bond donors (Lipinski definition) is 2. The molecule has 0 amide bonds. The minimum Gasteiger partial charge on any atom is -0.356 e. The largest absolute Gasteiger partial charge is 0.356 e. The molecule has 2 rings (SSSR count). The van der Waals surface area contributed by atoms with E-state index >= 15 is 0 Å². The van der Waals surface area contributed by atoms with E-state index in [0.717, 1.165) is 43.9 Å². The molecule has 2 N–H and O–H groups in total. The molecule has 1 heterocycles. The van der Waals surface area contributed by atoms with Gasteiger partial charge in [0.05, 0.1) is 0 Å². The Morgan fingerprint density at radius 1 is 1.52 bits per heavy atom. The highest BCUT2D eigenvalue weighted by molar-refractivity contribution is 7.85. The van der Waals surface area contributed by atoms with Crippen LogP contribution in [-0.2, 0) is 10.8 Å². The van der Waals surface area contributed by atoms with E-state index in [1.54, 1.807) is 11.3 Å². The second-order valence-corrected chi connectivity index (χ2v) is 9.15. The molecule has 0 aliphatic heterocycles. The maximum Gasteiger partial charge on any atom is 0.191 e. The average molecular weight is 356 g/mol. The molecule has 0 radical (unpaired) electrons. The molecular weight excluding hydrogens is 326 g/mol. The average Bonchev–Trinajstić information content (AvgIpc) is 3.12. The second kappa shape index (κ2) is 9.42. The van der Waals surface area contributed by atoms with E-state index in [-0.39, 0.29) is 0 Å². The van der Waals surface area contributed by atoms with Crippen LogP contribution in [-0.4, -0.2) is 40.8 Å². The third kappa shape index (κ3) is 5.60. The van der Waals surface area contributed by atoms with Crippen LogP contribution in [0.1, 0.15) is 50.3 Å². The minimum absolute atomic E-state index is 0.342. The van der Waals surface area contributed by atoms with Crippen LogP contribution in [0.3, 0.4) is 0 Å². The molecule has 4 nitrogen and oxygen atoms in total. The van der Waals surface area contributed by atoms with Crippen molar-refractivity contribution in [3.63, 3.8) is 0 Å². The Morgan fingerprint density at radius 2 is 2.35 bits per heavy atom. The number of hydrogen-bond acceptors (Lipinski definition) is 3. The van der Waals surface area contributed by atoms with E-state index in [1.165, 1.54) is 4.88 Å². The topological polar surface area (TPSA) is 53.5 Å². The lowest BCUT2D eigenvalue weighted by atomic mass is 9.95. The number of nitrogens with zero attached hydrogens (tertiary/aromatic N) is 1. The van der Waals surface area contributed by atoms with Crippen molar-refractivity contribution in [3.05, 3.63) is 22.4 Å². The Morgan fingerprint density at radius 3 is 3.00 bits per heavy atom. The normalized spacial score (nSPS) is 24.9. The van der Waals surface area contributed by atoms with Gasteiger partial charge in [0, 0.05) is 52.2 Å². The Labute approximate surface area is 146 Å². The van der Waals surface area contributed by atoms with Gasteiger partial charge in [-0.15, -0.1) is 11.3 Å². The van der Waals surface area contributed by atoms with E-state index in [1.807, 2.05) is 14.0 Å². The molecule has 6 heteroatoms. The lowest BCUT2D eigenvalue weighted by Gasteiger charge is -2.30. The van der Waals surface area contributed by atoms with Gasteiger partial charge in [0.15, 0.2) is 5.96 Å². The van der Waals surface area contributed by atoms with Gasteiger partial charge in [0.2, 0.25) is 0 Å². The molecule has 1 aliphatic rings. The third-order valence-electron chi connectivity index (χ3n) is 4.45. The quantitative estimate of drug-likeness (QED) is 0.609. The van der Waals surface area contributed by atoms with Gasteiger partial charge in [-0.05, 0) is 30.7 Å². The Bertz CT molecular complexity index is 516. The Kier molecular flexibility index (Phi) is 7.56. The van der Waals surface area contributed by atoms with Crippen LogP contribution in [0.25, 0.3) is 0 Å².